The number of hydrogen-bond acceptors (Lipinski definition) is 4. The van der Waals surface area contributed by atoms with Crippen LogP contribution in [-0.4, -0.2) is 51.6 Å². The predicted molar refractivity (Wildman–Crippen MR) is 114 cm³/mol. The fourth-order valence-electron chi connectivity index (χ4n) is 3.97. The Labute approximate surface area is 171 Å². The lowest BCUT2D eigenvalue weighted by Gasteiger charge is -2.30. The summed E-state index contributed by atoms with van der Waals surface area (Å²) >= 11 is 0. The van der Waals surface area contributed by atoms with Gasteiger partial charge in [-0.1, -0.05) is 36.4 Å². The topological polar surface area (TPSA) is 81.2 Å². The number of aliphatic hydroxyl groups excluding tert-OH is 1. The average Bonchev–Trinajstić information content (AvgIpc) is 3.15. The third kappa shape index (κ3) is 4.83. The average molecular weight is 393 g/mol. The summed E-state index contributed by atoms with van der Waals surface area (Å²) in [4.78, 5) is 22.3. The van der Waals surface area contributed by atoms with E-state index in [-0.39, 0.29) is 12.5 Å². The number of β-amino-alcohol motifs (C(OH)–C–C–N with tert-alkyl or cyclic N) is 1. The Morgan fingerprint density at radius 3 is 2.90 bits per heavy atom. The van der Waals surface area contributed by atoms with Crippen molar-refractivity contribution in [1.82, 2.24) is 20.2 Å². The quantitative estimate of drug-likeness (QED) is 0.577. The molecule has 0 bridgehead atoms. The zero-order valence-electron chi connectivity index (χ0n) is 16.8. The fourth-order valence-corrected chi connectivity index (χ4v) is 3.97. The van der Waals surface area contributed by atoms with Crippen molar-refractivity contribution in [3.63, 3.8) is 0 Å². The molecule has 3 aromatic rings. The molecule has 0 radical (unpaired) electrons. The lowest BCUT2D eigenvalue weighted by molar-refractivity contribution is -0.121. The van der Waals surface area contributed by atoms with Crippen LogP contribution in [0.4, 0.5) is 0 Å². The van der Waals surface area contributed by atoms with Crippen molar-refractivity contribution in [2.75, 3.05) is 19.6 Å². The summed E-state index contributed by atoms with van der Waals surface area (Å²) in [7, 11) is 0. The molecular weight excluding hydrogens is 364 g/mol. The number of aromatic amines is 1. The van der Waals surface area contributed by atoms with Crippen molar-refractivity contribution in [2.24, 2.45) is 0 Å². The minimum Gasteiger partial charge on any atom is -0.390 e. The molecule has 3 N–H and O–H groups in total. The summed E-state index contributed by atoms with van der Waals surface area (Å²) in [6.45, 7) is 4.66. The van der Waals surface area contributed by atoms with E-state index in [0.717, 1.165) is 41.9 Å². The second-order valence-electron chi connectivity index (χ2n) is 7.87. The first kappa shape index (κ1) is 19.6. The largest absolute Gasteiger partial charge is 0.390 e. The van der Waals surface area contributed by atoms with Gasteiger partial charge < -0.3 is 15.4 Å². The van der Waals surface area contributed by atoms with Gasteiger partial charge in [-0.3, -0.25) is 9.69 Å². The Kier molecular flexibility index (Phi) is 5.92. The molecule has 0 fully saturated rings. The Morgan fingerprint density at radius 1 is 1.24 bits per heavy atom. The van der Waals surface area contributed by atoms with Crippen LogP contribution < -0.4 is 5.32 Å². The second kappa shape index (κ2) is 8.76. The van der Waals surface area contributed by atoms with Crippen molar-refractivity contribution >= 4 is 16.9 Å². The Morgan fingerprint density at radius 2 is 2.07 bits per heavy atom. The highest BCUT2D eigenvalue weighted by Crippen LogP contribution is 2.18. The first-order chi connectivity index (χ1) is 14.1. The van der Waals surface area contributed by atoms with Crippen LogP contribution in [0.5, 0.6) is 0 Å². The normalized spacial score (nSPS) is 15.2. The highest BCUT2D eigenvalue weighted by Gasteiger charge is 2.18. The van der Waals surface area contributed by atoms with Gasteiger partial charge in [-0.05, 0) is 36.1 Å². The van der Waals surface area contributed by atoms with Gasteiger partial charge in [0.2, 0.25) is 5.91 Å². The van der Waals surface area contributed by atoms with Crippen LogP contribution in [0.2, 0.25) is 0 Å². The molecule has 1 atom stereocenters. The molecule has 4 rings (SSSR count). The fraction of sp³-hybridized carbons (Fsp3) is 0.391. The number of imidazole rings is 1. The zero-order valence-corrected chi connectivity index (χ0v) is 16.8. The Balaban J connectivity index is 1.20. The number of fused-ring (bicyclic) bond motifs is 2. The molecule has 29 heavy (non-hydrogen) atoms. The third-order valence-electron chi connectivity index (χ3n) is 5.57. The highest BCUT2D eigenvalue weighted by molar-refractivity contribution is 5.79. The lowest BCUT2D eigenvalue weighted by atomic mass is 10.00. The summed E-state index contributed by atoms with van der Waals surface area (Å²) in [5.41, 5.74) is 5.81. The molecule has 0 aliphatic carbocycles. The van der Waals surface area contributed by atoms with E-state index in [2.05, 4.69) is 44.5 Å². The summed E-state index contributed by atoms with van der Waals surface area (Å²) in [5, 5.41) is 13.2. The molecule has 6 heteroatoms. The summed E-state index contributed by atoms with van der Waals surface area (Å²) < 4.78 is 0. The van der Waals surface area contributed by atoms with Crippen molar-refractivity contribution < 1.29 is 9.90 Å². The van der Waals surface area contributed by atoms with Crippen molar-refractivity contribution in [2.45, 2.75) is 38.8 Å². The first-order valence-electron chi connectivity index (χ1n) is 10.3. The maximum atomic E-state index is 12.2. The number of nitrogens with zero attached hydrogens (tertiary/aromatic N) is 2. The molecule has 0 saturated heterocycles. The summed E-state index contributed by atoms with van der Waals surface area (Å²) in [6, 6.07) is 14.5. The van der Waals surface area contributed by atoms with Crippen LogP contribution in [0.25, 0.3) is 11.0 Å². The number of carbonyl (C=O) groups is 1. The number of hydrogen-bond donors (Lipinski definition) is 3. The number of aromatic nitrogens is 2. The van der Waals surface area contributed by atoms with E-state index < -0.39 is 6.10 Å². The minimum atomic E-state index is -0.571. The SMILES string of the molecule is Cc1cccc2[nH]c(CCC(=O)NC[C@H](O)CN3CCc4ccccc4C3)nc12. The molecule has 6 nitrogen and oxygen atoms in total. The second-order valence-corrected chi connectivity index (χ2v) is 7.87. The van der Waals surface area contributed by atoms with Gasteiger partial charge in [0.05, 0.1) is 17.1 Å². The van der Waals surface area contributed by atoms with E-state index >= 15 is 0 Å². The van der Waals surface area contributed by atoms with Gasteiger partial charge >= 0.3 is 0 Å². The predicted octanol–water partition coefficient (Wildman–Crippen LogP) is 2.34. The third-order valence-corrected chi connectivity index (χ3v) is 5.57. The maximum absolute atomic E-state index is 12.2. The molecule has 152 valence electrons. The van der Waals surface area contributed by atoms with E-state index in [4.69, 9.17) is 0 Å². The Bertz CT molecular complexity index is 997. The molecule has 0 unspecified atom stereocenters. The highest BCUT2D eigenvalue weighted by atomic mass is 16.3. The van der Waals surface area contributed by atoms with Gasteiger partial charge in [0.1, 0.15) is 5.82 Å². The molecule has 2 heterocycles. The van der Waals surface area contributed by atoms with E-state index in [9.17, 15) is 9.90 Å². The van der Waals surface area contributed by atoms with Crippen LogP contribution in [0.3, 0.4) is 0 Å². The monoisotopic (exact) mass is 392 g/mol. The van der Waals surface area contributed by atoms with E-state index in [1.807, 2.05) is 25.1 Å². The first-order valence-corrected chi connectivity index (χ1v) is 10.3. The summed E-state index contributed by atoms with van der Waals surface area (Å²) in [5.74, 6) is 0.752. The molecule has 1 aliphatic rings. The molecule has 0 saturated carbocycles. The number of benzene rings is 2. The van der Waals surface area contributed by atoms with Crippen molar-refractivity contribution in [1.29, 1.82) is 0 Å². The van der Waals surface area contributed by atoms with Crippen LogP contribution in [0.1, 0.15) is 28.9 Å². The minimum absolute atomic E-state index is 0.0646. The number of aryl methyl sites for hydroxylation is 2. The number of nitrogens with one attached hydrogen (secondary N) is 2. The number of para-hydroxylation sites is 1. The smallest absolute Gasteiger partial charge is 0.220 e. The zero-order chi connectivity index (χ0) is 20.2. The maximum Gasteiger partial charge on any atom is 0.220 e. The standard InChI is InChI=1S/C23H28N4O2/c1-16-5-4-8-20-23(16)26-21(25-20)9-10-22(29)24-13-19(28)15-27-12-11-17-6-2-3-7-18(17)14-27/h2-8,19,28H,9-15H2,1H3,(H,24,29)(H,25,26)/t19-/m0/s1. The van der Waals surface area contributed by atoms with Crippen LogP contribution in [0.15, 0.2) is 42.5 Å². The van der Waals surface area contributed by atoms with Gasteiger partial charge in [0, 0.05) is 39.0 Å². The molecule has 1 aliphatic heterocycles. The molecular formula is C23H28N4O2. The Hall–Kier alpha value is -2.70. The molecule has 0 spiro atoms. The number of aliphatic hydroxyl groups is 1. The van der Waals surface area contributed by atoms with Crippen LogP contribution in [-0.2, 0) is 24.2 Å². The van der Waals surface area contributed by atoms with E-state index in [1.54, 1.807) is 0 Å². The lowest BCUT2D eigenvalue weighted by Crippen LogP contribution is -2.42. The number of rotatable bonds is 7. The number of carbonyl (C=O) groups excluding carboxylic acids is 1. The van der Waals surface area contributed by atoms with Gasteiger partial charge in [-0.2, -0.15) is 0 Å². The van der Waals surface area contributed by atoms with Gasteiger partial charge in [-0.25, -0.2) is 4.98 Å². The molecule has 2 aromatic carbocycles. The van der Waals surface area contributed by atoms with Crippen molar-refractivity contribution in [3.8, 4) is 0 Å². The van der Waals surface area contributed by atoms with Gasteiger partial charge in [0.25, 0.3) is 0 Å². The number of H-pyrrole nitrogens is 1. The van der Waals surface area contributed by atoms with E-state index in [1.165, 1.54) is 11.1 Å². The van der Waals surface area contributed by atoms with Crippen LogP contribution >= 0.6 is 0 Å². The van der Waals surface area contributed by atoms with Gasteiger partial charge in [-0.15, -0.1) is 0 Å². The molecule has 1 aromatic heterocycles. The van der Waals surface area contributed by atoms with Gasteiger partial charge in [0.15, 0.2) is 0 Å². The van der Waals surface area contributed by atoms with Crippen LogP contribution in [0, 0.1) is 6.92 Å². The van der Waals surface area contributed by atoms with Crippen molar-refractivity contribution in [3.05, 3.63) is 65.0 Å². The molecule has 1 amide bonds. The van der Waals surface area contributed by atoms with E-state index in [0.29, 0.717) is 19.4 Å². The summed E-state index contributed by atoms with van der Waals surface area (Å²) in [6.07, 6.45) is 1.34. The number of amides is 1.